The van der Waals surface area contributed by atoms with Gasteiger partial charge in [-0.2, -0.15) is 0 Å². The summed E-state index contributed by atoms with van der Waals surface area (Å²) < 4.78 is 0. The van der Waals surface area contributed by atoms with Crippen molar-refractivity contribution in [2.24, 2.45) is 5.92 Å². The number of nitrogens with one attached hydrogen (secondary N) is 1. The number of amides is 1. The van der Waals surface area contributed by atoms with E-state index < -0.39 is 0 Å². The molecule has 1 fully saturated rings. The van der Waals surface area contributed by atoms with Crippen LogP contribution >= 0.6 is 11.3 Å². The van der Waals surface area contributed by atoms with Crippen molar-refractivity contribution in [2.45, 2.75) is 51.2 Å². The van der Waals surface area contributed by atoms with E-state index in [4.69, 9.17) is 0 Å². The number of hydrogen-bond donors (Lipinski definition) is 2. The summed E-state index contributed by atoms with van der Waals surface area (Å²) in [5, 5.41) is 14.3. The summed E-state index contributed by atoms with van der Waals surface area (Å²) in [6.07, 6.45) is 4.54. The van der Waals surface area contributed by atoms with Gasteiger partial charge in [0.2, 0.25) is 0 Å². The van der Waals surface area contributed by atoms with Crippen LogP contribution in [0.2, 0.25) is 0 Å². The van der Waals surface area contributed by atoms with Gasteiger partial charge in [-0.3, -0.25) is 4.79 Å². The van der Waals surface area contributed by atoms with Crippen molar-refractivity contribution < 1.29 is 9.90 Å². The fourth-order valence-electron chi connectivity index (χ4n) is 2.84. The second kappa shape index (κ2) is 4.67. The summed E-state index contributed by atoms with van der Waals surface area (Å²) in [7, 11) is 0. The third kappa shape index (κ3) is 2.19. The van der Waals surface area contributed by atoms with Crippen LogP contribution in [0.5, 0.6) is 0 Å². The van der Waals surface area contributed by atoms with Crippen molar-refractivity contribution in [3.63, 3.8) is 0 Å². The maximum absolute atomic E-state index is 12.2. The molecule has 0 bridgehead atoms. The molecular formula is C14H19NO2S. The van der Waals surface area contributed by atoms with E-state index in [2.05, 4.69) is 12.2 Å². The number of thiophene rings is 1. The van der Waals surface area contributed by atoms with Gasteiger partial charge in [-0.05, 0) is 43.6 Å². The first-order valence-corrected chi connectivity index (χ1v) is 7.59. The number of rotatable bonds is 2. The molecule has 2 aliphatic carbocycles. The van der Waals surface area contributed by atoms with Crippen LogP contribution in [0.25, 0.3) is 0 Å². The highest BCUT2D eigenvalue weighted by molar-refractivity contribution is 7.10. The van der Waals surface area contributed by atoms with Gasteiger partial charge in [0.05, 0.1) is 11.7 Å². The standard InChI is InChI=1S/C14H19NO2S/c1-8-2-3-11-12(7-18-13(11)4-8)14(17)15-9-5-10(16)6-9/h7-10,16H,2-6H2,1H3,(H,15,17). The fourth-order valence-corrected chi connectivity index (χ4v) is 4.08. The summed E-state index contributed by atoms with van der Waals surface area (Å²) in [5.41, 5.74) is 2.15. The van der Waals surface area contributed by atoms with Gasteiger partial charge in [-0.25, -0.2) is 0 Å². The molecule has 0 aromatic carbocycles. The van der Waals surface area contributed by atoms with Gasteiger partial charge < -0.3 is 10.4 Å². The lowest BCUT2D eigenvalue weighted by molar-refractivity contribution is 0.0562. The lowest BCUT2D eigenvalue weighted by atomic mass is 9.87. The van der Waals surface area contributed by atoms with E-state index in [1.54, 1.807) is 11.3 Å². The van der Waals surface area contributed by atoms with Gasteiger partial charge >= 0.3 is 0 Å². The lowest BCUT2D eigenvalue weighted by Gasteiger charge is -2.32. The third-order valence-corrected chi connectivity index (χ3v) is 5.15. The summed E-state index contributed by atoms with van der Waals surface area (Å²) in [6.45, 7) is 2.28. The Morgan fingerprint density at radius 1 is 1.50 bits per heavy atom. The van der Waals surface area contributed by atoms with E-state index in [0.29, 0.717) is 12.8 Å². The average Bonchev–Trinajstić information content (AvgIpc) is 2.69. The van der Waals surface area contributed by atoms with E-state index in [-0.39, 0.29) is 18.1 Å². The Kier molecular flexibility index (Phi) is 3.16. The molecule has 1 aromatic heterocycles. The SMILES string of the molecule is CC1CCc2c(C(=O)NC3CC(O)C3)csc2C1. The number of hydrogen-bond acceptors (Lipinski definition) is 3. The van der Waals surface area contributed by atoms with E-state index in [1.165, 1.54) is 16.9 Å². The molecule has 4 heteroatoms. The molecule has 0 radical (unpaired) electrons. The predicted molar refractivity (Wildman–Crippen MR) is 72.0 cm³/mol. The summed E-state index contributed by atoms with van der Waals surface area (Å²) in [4.78, 5) is 13.6. The minimum atomic E-state index is -0.215. The first kappa shape index (κ1) is 12.2. The number of carbonyl (C=O) groups excluding carboxylic acids is 1. The molecule has 0 spiro atoms. The van der Waals surface area contributed by atoms with E-state index in [9.17, 15) is 9.90 Å². The Hall–Kier alpha value is -0.870. The van der Waals surface area contributed by atoms with Gasteiger partial charge in [0, 0.05) is 16.3 Å². The molecule has 3 nitrogen and oxygen atoms in total. The van der Waals surface area contributed by atoms with Crippen molar-refractivity contribution in [2.75, 3.05) is 0 Å². The second-order valence-electron chi connectivity index (χ2n) is 5.69. The van der Waals surface area contributed by atoms with Crippen LogP contribution in [-0.2, 0) is 12.8 Å². The Balaban J connectivity index is 1.71. The molecule has 0 saturated heterocycles. The van der Waals surface area contributed by atoms with Crippen LogP contribution in [-0.4, -0.2) is 23.2 Å². The number of fused-ring (bicyclic) bond motifs is 1. The van der Waals surface area contributed by atoms with Crippen molar-refractivity contribution in [3.8, 4) is 0 Å². The Morgan fingerprint density at radius 2 is 2.28 bits per heavy atom. The zero-order chi connectivity index (χ0) is 12.7. The minimum Gasteiger partial charge on any atom is -0.393 e. The highest BCUT2D eigenvalue weighted by Crippen LogP contribution is 2.33. The van der Waals surface area contributed by atoms with Crippen molar-refractivity contribution in [1.82, 2.24) is 5.32 Å². The minimum absolute atomic E-state index is 0.0546. The van der Waals surface area contributed by atoms with Crippen LogP contribution in [0.4, 0.5) is 0 Å². The van der Waals surface area contributed by atoms with Gasteiger partial charge in [0.15, 0.2) is 0 Å². The monoisotopic (exact) mass is 265 g/mol. The van der Waals surface area contributed by atoms with E-state index in [0.717, 1.165) is 24.3 Å². The van der Waals surface area contributed by atoms with Crippen molar-refractivity contribution in [1.29, 1.82) is 0 Å². The number of carbonyl (C=O) groups is 1. The first-order chi connectivity index (χ1) is 8.63. The molecule has 1 amide bonds. The maximum Gasteiger partial charge on any atom is 0.252 e. The molecule has 2 N–H and O–H groups in total. The van der Waals surface area contributed by atoms with Crippen LogP contribution in [0.3, 0.4) is 0 Å². The zero-order valence-electron chi connectivity index (χ0n) is 10.6. The predicted octanol–water partition coefficient (Wildman–Crippen LogP) is 2.13. The first-order valence-electron chi connectivity index (χ1n) is 6.71. The van der Waals surface area contributed by atoms with Crippen LogP contribution in [0.15, 0.2) is 5.38 Å². The van der Waals surface area contributed by atoms with Gasteiger partial charge in [0.1, 0.15) is 0 Å². The summed E-state index contributed by atoms with van der Waals surface area (Å²) in [5.74, 6) is 0.799. The van der Waals surface area contributed by atoms with Crippen LogP contribution in [0.1, 0.15) is 47.0 Å². The zero-order valence-corrected chi connectivity index (χ0v) is 11.4. The van der Waals surface area contributed by atoms with Crippen LogP contribution < -0.4 is 5.32 Å². The molecule has 1 saturated carbocycles. The van der Waals surface area contributed by atoms with E-state index in [1.807, 2.05) is 5.38 Å². The molecule has 18 heavy (non-hydrogen) atoms. The van der Waals surface area contributed by atoms with Crippen molar-refractivity contribution in [3.05, 3.63) is 21.4 Å². The molecule has 98 valence electrons. The molecule has 1 aromatic rings. The van der Waals surface area contributed by atoms with Crippen LogP contribution in [0, 0.1) is 5.92 Å². The third-order valence-electron chi connectivity index (χ3n) is 4.09. The smallest absolute Gasteiger partial charge is 0.252 e. The lowest BCUT2D eigenvalue weighted by Crippen LogP contribution is -2.46. The van der Waals surface area contributed by atoms with Gasteiger partial charge in [-0.1, -0.05) is 6.92 Å². The Labute approximate surface area is 111 Å². The largest absolute Gasteiger partial charge is 0.393 e. The number of aliphatic hydroxyl groups is 1. The Morgan fingerprint density at radius 3 is 3.00 bits per heavy atom. The van der Waals surface area contributed by atoms with Gasteiger partial charge in [0.25, 0.3) is 5.91 Å². The fraction of sp³-hybridized carbons (Fsp3) is 0.643. The quantitative estimate of drug-likeness (QED) is 0.860. The normalized spacial score (nSPS) is 30.4. The molecule has 1 atom stereocenters. The maximum atomic E-state index is 12.2. The highest BCUT2D eigenvalue weighted by atomic mass is 32.1. The molecule has 2 aliphatic rings. The van der Waals surface area contributed by atoms with Gasteiger partial charge in [-0.15, -0.1) is 11.3 Å². The topological polar surface area (TPSA) is 49.3 Å². The summed E-state index contributed by atoms with van der Waals surface area (Å²) in [6, 6.07) is 0.172. The Bertz CT molecular complexity index is 462. The second-order valence-corrected chi connectivity index (χ2v) is 6.66. The molecule has 1 unspecified atom stereocenters. The average molecular weight is 265 g/mol. The molecular weight excluding hydrogens is 246 g/mol. The molecule has 0 aliphatic heterocycles. The highest BCUT2D eigenvalue weighted by Gasteiger charge is 2.30. The molecule has 3 rings (SSSR count). The summed E-state index contributed by atoms with van der Waals surface area (Å²) >= 11 is 1.73. The molecule has 1 heterocycles. The number of aliphatic hydroxyl groups excluding tert-OH is 1. The van der Waals surface area contributed by atoms with E-state index >= 15 is 0 Å². The van der Waals surface area contributed by atoms with Crippen molar-refractivity contribution >= 4 is 17.2 Å².